The predicted octanol–water partition coefficient (Wildman–Crippen LogP) is 2.38. The fraction of sp³-hybridized carbons (Fsp3) is 0.786. The van der Waals surface area contributed by atoms with E-state index >= 15 is 0 Å². The van der Waals surface area contributed by atoms with Crippen LogP contribution in [0.15, 0.2) is 12.4 Å². The second-order valence-electron chi connectivity index (χ2n) is 5.55. The second kappa shape index (κ2) is 6.20. The van der Waals surface area contributed by atoms with Gasteiger partial charge in [-0.2, -0.15) is 0 Å². The average molecular weight is 235 g/mol. The molecule has 1 aromatic heterocycles. The number of rotatable bonds is 5. The molecule has 1 fully saturated rings. The maximum atomic E-state index is 4.34. The molecule has 0 radical (unpaired) electrons. The topological polar surface area (TPSA) is 29.9 Å². The summed E-state index contributed by atoms with van der Waals surface area (Å²) in [7, 11) is 2.06. The minimum absolute atomic E-state index is 0.903. The highest BCUT2D eigenvalue weighted by atomic mass is 15.0. The minimum Gasteiger partial charge on any atom is -0.338 e. The first kappa shape index (κ1) is 12.6. The Morgan fingerprint density at radius 2 is 2.35 bits per heavy atom. The predicted molar refractivity (Wildman–Crippen MR) is 70.9 cm³/mol. The molecule has 0 bridgehead atoms. The number of nitrogens with one attached hydrogen (secondary N) is 1. The molecule has 3 heteroatoms. The van der Waals surface area contributed by atoms with E-state index in [0.29, 0.717) is 0 Å². The lowest BCUT2D eigenvalue weighted by atomic mass is 9.82. The van der Waals surface area contributed by atoms with Crippen molar-refractivity contribution in [3.63, 3.8) is 0 Å². The van der Waals surface area contributed by atoms with E-state index in [2.05, 4.69) is 28.8 Å². The zero-order chi connectivity index (χ0) is 12.1. The van der Waals surface area contributed by atoms with E-state index in [9.17, 15) is 0 Å². The van der Waals surface area contributed by atoms with Crippen LogP contribution in [0.2, 0.25) is 0 Å². The minimum atomic E-state index is 0.903. The molecule has 1 aliphatic rings. The average Bonchev–Trinajstić information content (AvgIpc) is 2.71. The summed E-state index contributed by atoms with van der Waals surface area (Å²) in [6, 6.07) is 0. The Hall–Kier alpha value is -0.830. The van der Waals surface area contributed by atoms with E-state index < -0.39 is 0 Å². The van der Waals surface area contributed by atoms with Crippen molar-refractivity contribution in [2.45, 2.75) is 39.0 Å². The summed E-state index contributed by atoms with van der Waals surface area (Å²) in [5, 5.41) is 3.59. The SMILES string of the molecule is CC1CCCC(CNCCc2nccn2C)C1. The van der Waals surface area contributed by atoms with Crippen molar-refractivity contribution in [1.29, 1.82) is 0 Å². The van der Waals surface area contributed by atoms with Crippen LogP contribution >= 0.6 is 0 Å². The Kier molecular flexibility index (Phi) is 4.60. The van der Waals surface area contributed by atoms with Crippen molar-refractivity contribution >= 4 is 0 Å². The van der Waals surface area contributed by atoms with Crippen LogP contribution in [0.1, 0.15) is 38.4 Å². The Balaban J connectivity index is 1.61. The molecular formula is C14H25N3. The summed E-state index contributed by atoms with van der Waals surface area (Å²) in [5.41, 5.74) is 0. The van der Waals surface area contributed by atoms with Crippen molar-refractivity contribution < 1.29 is 0 Å². The fourth-order valence-corrected chi connectivity index (χ4v) is 2.89. The normalized spacial score (nSPS) is 25.1. The van der Waals surface area contributed by atoms with Gasteiger partial charge in [0.1, 0.15) is 5.82 Å². The lowest BCUT2D eigenvalue weighted by Crippen LogP contribution is -2.28. The van der Waals surface area contributed by atoms with E-state index in [4.69, 9.17) is 0 Å². The molecule has 96 valence electrons. The maximum absolute atomic E-state index is 4.34. The Morgan fingerprint density at radius 1 is 1.47 bits per heavy atom. The molecule has 2 atom stereocenters. The van der Waals surface area contributed by atoms with E-state index in [1.165, 1.54) is 38.1 Å². The zero-order valence-electron chi connectivity index (χ0n) is 11.2. The Morgan fingerprint density at radius 3 is 3.06 bits per heavy atom. The van der Waals surface area contributed by atoms with Crippen LogP contribution in [0.3, 0.4) is 0 Å². The molecule has 2 unspecified atom stereocenters. The molecule has 0 spiro atoms. The van der Waals surface area contributed by atoms with Crippen LogP contribution in [0.4, 0.5) is 0 Å². The van der Waals surface area contributed by atoms with Gasteiger partial charge >= 0.3 is 0 Å². The van der Waals surface area contributed by atoms with Gasteiger partial charge in [-0.05, 0) is 31.2 Å². The molecule has 1 saturated carbocycles. The zero-order valence-corrected chi connectivity index (χ0v) is 11.2. The van der Waals surface area contributed by atoms with Crippen molar-refractivity contribution in [3.05, 3.63) is 18.2 Å². The van der Waals surface area contributed by atoms with Crippen LogP contribution in [-0.4, -0.2) is 22.6 Å². The third-order valence-corrected chi connectivity index (χ3v) is 3.92. The highest BCUT2D eigenvalue weighted by Gasteiger charge is 2.18. The molecule has 2 rings (SSSR count). The third kappa shape index (κ3) is 3.84. The Labute approximate surface area is 105 Å². The second-order valence-corrected chi connectivity index (χ2v) is 5.55. The smallest absolute Gasteiger partial charge is 0.109 e. The highest BCUT2D eigenvalue weighted by Crippen LogP contribution is 2.27. The number of imidazole rings is 1. The third-order valence-electron chi connectivity index (χ3n) is 3.92. The molecule has 1 aromatic rings. The lowest BCUT2D eigenvalue weighted by Gasteiger charge is -2.26. The largest absolute Gasteiger partial charge is 0.338 e. The maximum Gasteiger partial charge on any atom is 0.109 e. The lowest BCUT2D eigenvalue weighted by molar-refractivity contribution is 0.275. The number of hydrogen-bond donors (Lipinski definition) is 1. The van der Waals surface area contributed by atoms with Crippen molar-refractivity contribution in [3.8, 4) is 0 Å². The van der Waals surface area contributed by atoms with Gasteiger partial charge in [0.05, 0.1) is 0 Å². The summed E-state index contributed by atoms with van der Waals surface area (Å²) in [5.74, 6) is 3.01. The van der Waals surface area contributed by atoms with E-state index in [-0.39, 0.29) is 0 Å². The van der Waals surface area contributed by atoms with Gasteiger partial charge < -0.3 is 9.88 Å². The van der Waals surface area contributed by atoms with Gasteiger partial charge in [-0.1, -0.05) is 19.8 Å². The summed E-state index contributed by atoms with van der Waals surface area (Å²) in [6.07, 6.45) is 10.6. The van der Waals surface area contributed by atoms with Crippen LogP contribution in [0.5, 0.6) is 0 Å². The van der Waals surface area contributed by atoms with Crippen LogP contribution in [-0.2, 0) is 13.5 Å². The van der Waals surface area contributed by atoms with Crippen LogP contribution in [0.25, 0.3) is 0 Å². The van der Waals surface area contributed by atoms with Gasteiger partial charge in [0.2, 0.25) is 0 Å². The summed E-state index contributed by atoms with van der Waals surface area (Å²) in [6.45, 7) is 4.63. The molecule has 1 aliphatic carbocycles. The molecule has 0 aliphatic heterocycles. The summed E-state index contributed by atoms with van der Waals surface area (Å²) < 4.78 is 2.10. The molecule has 0 saturated heterocycles. The molecule has 17 heavy (non-hydrogen) atoms. The van der Waals surface area contributed by atoms with Crippen molar-refractivity contribution in [1.82, 2.24) is 14.9 Å². The van der Waals surface area contributed by atoms with Crippen LogP contribution in [0, 0.1) is 11.8 Å². The number of aryl methyl sites for hydroxylation is 1. The molecule has 0 amide bonds. The Bertz CT molecular complexity index is 332. The van der Waals surface area contributed by atoms with Crippen molar-refractivity contribution in [2.24, 2.45) is 18.9 Å². The number of hydrogen-bond acceptors (Lipinski definition) is 2. The van der Waals surface area contributed by atoms with Crippen molar-refractivity contribution in [2.75, 3.05) is 13.1 Å². The van der Waals surface area contributed by atoms with E-state index in [1.54, 1.807) is 0 Å². The fourth-order valence-electron chi connectivity index (χ4n) is 2.89. The molecule has 1 heterocycles. The van der Waals surface area contributed by atoms with E-state index in [0.717, 1.165) is 24.8 Å². The van der Waals surface area contributed by atoms with Gasteiger partial charge in [0.15, 0.2) is 0 Å². The first-order valence-electron chi connectivity index (χ1n) is 6.92. The molecule has 0 aromatic carbocycles. The first-order valence-corrected chi connectivity index (χ1v) is 6.92. The van der Waals surface area contributed by atoms with Gasteiger partial charge in [-0.3, -0.25) is 0 Å². The molecule has 3 nitrogen and oxygen atoms in total. The molecular weight excluding hydrogens is 210 g/mol. The summed E-state index contributed by atoms with van der Waals surface area (Å²) >= 11 is 0. The van der Waals surface area contributed by atoms with Gasteiger partial charge in [-0.15, -0.1) is 0 Å². The highest BCUT2D eigenvalue weighted by molar-refractivity contribution is 4.91. The van der Waals surface area contributed by atoms with Gasteiger partial charge in [-0.25, -0.2) is 4.98 Å². The standard InChI is InChI=1S/C14H25N3/c1-12-4-3-5-13(10-12)11-15-7-6-14-16-8-9-17(14)2/h8-9,12-13,15H,3-7,10-11H2,1-2H3. The molecule has 1 N–H and O–H groups in total. The first-order chi connectivity index (χ1) is 8.25. The number of nitrogens with zero attached hydrogens (tertiary/aromatic N) is 2. The number of aromatic nitrogens is 2. The van der Waals surface area contributed by atoms with Crippen LogP contribution < -0.4 is 5.32 Å². The van der Waals surface area contributed by atoms with E-state index in [1.807, 2.05) is 12.4 Å². The van der Waals surface area contributed by atoms with Gasteiger partial charge in [0.25, 0.3) is 0 Å². The summed E-state index contributed by atoms with van der Waals surface area (Å²) in [4.78, 5) is 4.34. The monoisotopic (exact) mass is 235 g/mol. The van der Waals surface area contributed by atoms with Gasteiger partial charge in [0, 0.05) is 32.4 Å². The quantitative estimate of drug-likeness (QED) is 0.794.